The van der Waals surface area contributed by atoms with Crippen LogP contribution in [0.15, 0.2) is 30.3 Å². The van der Waals surface area contributed by atoms with Crippen LogP contribution in [0.25, 0.3) is 0 Å². The van der Waals surface area contributed by atoms with Crippen molar-refractivity contribution in [3.8, 4) is 0 Å². The second kappa shape index (κ2) is 11.4. The van der Waals surface area contributed by atoms with Crippen molar-refractivity contribution in [3.05, 3.63) is 35.9 Å². The van der Waals surface area contributed by atoms with Crippen LogP contribution in [-0.4, -0.2) is 87.8 Å². The summed E-state index contributed by atoms with van der Waals surface area (Å²) in [6.07, 6.45) is 0.975. The Morgan fingerprint density at radius 3 is 2.32 bits per heavy atom. The minimum Gasteiger partial charge on any atom is -0.480 e. The monoisotopic (exact) mass is 436 g/mol. The second-order valence-corrected chi connectivity index (χ2v) is 7.31. The molecule has 3 amide bonds. The Kier molecular flexibility index (Phi) is 8.91. The molecule has 1 aliphatic heterocycles. The highest BCUT2D eigenvalue weighted by molar-refractivity contribution is 5.94. The molecule has 31 heavy (non-hydrogen) atoms. The van der Waals surface area contributed by atoms with Crippen molar-refractivity contribution < 1.29 is 34.5 Å². The van der Waals surface area contributed by atoms with Crippen molar-refractivity contribution >= 4 is 23.7 Å². The number of hydrogen-bond donors (Lipinski definition) is 6. The minimum absolute atomic E-state index is 0.142. The third-order valence-electron chi connectivity index (χ3n) is 5.07. The summed E-state index contributed by atoms with van der Waals surface area (Å²) >= 11 is 0. The van der Waals surface area contributed by atoms with Crippen LogP contribution in [0.3, 0.4) is 0 Å². The highest BCUT2D eigenvalue weighted by Gasteiger charge is 2.39. The molecule has 0 spiro atoms. The van der Waals surface area contributed by atoms with E-state index in [-0.39, 0.29) is 13.0 Å². The van der Waals surface area contributed by atoms with Gasteiger partial charge in [0.25, 0.3) is 0 Å². The number of nitrogens with one attached hydrogen (secondary N) is 2. The number of carboxylic acids is 1. The first-order valence-electron chi connectivity index (χ1n) is 9.93. The molecule has 4 atom stereocenters. The van der Waals surface area contributed by atoms with E-state index in [0.717, 1.165) is 5.56 Å². The van der Waals surface area contributed by atoms with Crippen molar-refractivity contribution in [3.63, 3.8) is 0 Å². The van der Waals surface area contributed by atoms with Crippen LogP contribution < -0.4 is 16.4 Å². The zero-order valence-corrected chi connectivity index (χ0v) is 16.9. The van der Waals surface area contributed by atoms with Gasteiger partial charge >= 0.3 is 5.97 Å². The molecule has 2 rings (SSSR count). The molecular formula is C20H28N4O7. The number of aliphatic hydroxyl groups excluding tert-OH is 2. The lowest BCUT2D eigenvalue weighted by molar-refractivity contribution is -0.145. The van der Waals surface area contributed by atoms with Crippen LogP contribution >= 0.6 is 0 Å². The van der Waals surface area contributed by atoms with Gasteiger partial charge in [-0.1, -0.05) is 30.3 Å². The third kappa shape index (κ3) is 6.48. The number of rotatable bonds is 10. The summed E-state index contributed by atoms with van der Waals surface area (Å²) in [5, 5.41) is 32.1. The smallest absolute Gasteiger partial charge is 0.328 e. The summed E-state index contributed by atoms with van der Waals surface area (Å²) in [5.74, 6) is -3.30. The van der Waals surface area contributed by atoms with Gasteiger partial charge in [0.2, 0.25) is 17.7 Å². The molecular weight excluding hydrogens is 408 g/mol. The number of aliphatic hydroxyl groups is 2. The number of carboxylic acid groups (broad SMARTS) is 1. The van der Waals surface area contributed by atoms with Crippen molar-refractivity contribution in [2.24, 2.45) is 5.73 Å². The number of amides is 3. The molecule has 170 valence electrons. The largest absolute Gasteiger partial charge is 0.480 e. The van der Waals surface area contributed by atoms with E-state index < -0.39 is 61.1 Å². The number of carbonyl (C=O) groups excluding carboxylic acids is 3. The third-order valence-corrected chi connectivity index (χ3v) is 5.07. The first kappa shape index (κ1) is 24.3. The lowest BCUT2D eigenvalue weighted by atomic mass is 10.0. The van der Waals surface area contributed by atoms with E-state index in [0.29, 0.717) is 12.8 Å². The highest BCUT2D eigenvalue weighted by Crippen LogP contribution is 2.20. The van der Waals surface area contributed by atoms with Crippen molar-refractivity contribution in [2.45, 2.75) is 43.4 Å². The molecule has 11 nitrogen and oxygen atoms in total. The van der Waals surface area contributed by atoms with E-state index in [4.69, 9.17) is 21.1 Å². The standard InChI is InChI=1S/C20H28N4O7/c21-13(10-25)17(27)22-14(9-12-5-2-1-3-6-12)19(29)24-8-4-7-16(24)18(28)23-15(11-26)20(30)31/h1-3,5-6,13-16,25-26H,4,7-11,21H2,(H,22,27)(H,23,28)(H,30,31). The Morgan fingerprint density at radius 2 is 1.74 bits per heavy atom. The molecule has 7 N–H and O–H groups in total. The van der Waals surface area contributed by atoms with Gasteiger partial charge in [-0.2, -0.15) is 0 Å². The maximum Gasteiger partial charge on any atom is 0.328 e. The van der Waals surface area contributed by atoms with E-state index in [1.165, 1.54) is 4.90 Å². The van der Waals surface area contributed by atoms with Gasteiger partial charge in [-0.15, -0.1) is 0 Å². The van der Waals surface area contributed by atoms with E-state index in [1.807, 2.05) is 0 Å². The summed E-state index contributed by atoms with van der Waals surface area (Å²) in [4.78, 5) is 50.4. The van der Waals surface area contributed by atoms with Crippen LogP contribution in [-0.2, 0) is 25.6 Å². The van der Waals surface area contributed by atoms with E-state index in [1.54, 1.807) is 30.3 Å². The summed E-state index contributed by atoms with van der Waals surface area (Å²) in [5.41, 5.74) is 6.32. The van der Waals surface area contributed by atoms with Crippen molar-refractivity contribution in [2.75, 3.05) is 19.8 Å². The van der Waals surface area contributed by atoms with Crippen molar-refractivity contribution in [1.29, 1.82) is 0 Å². The fourth-order valence-electron chi connectivity index (χ4n) is 3.37. The van der Waals surface area contributed by atoms with Crippen LogP contribution in [0.1, 0.15) is 18.4 Å². The SMILES string of the molecule is NC(CO)C(=O)NC(Cc1ccccc1)C(=O)N1CCCC1C(=O)NC(CO)C(=O)O. The number of nitrogens with two attached hydrogens (primary N) is 1. The van der Waals surface area contributed by atoms with Crippen LogP contribution in [0.4, 0.5) is 0 Å². The molecule has 1 aromatic carbocycles. The molecule has 0 aromatic heterocycles. The lowest BCUT2D eigenvalue weighted by Crippen LogP contribution is -2.58. The summed E-state index contributed by atoms with van der Waals surface area (Å²) in [6, 6.07) is 4.29. The average molecular weight is 436 g/mol. The predicted octanol–water partition coefficient (Wildman–Crippen LogP) is -2.41. The number of carbonyl (C=O) groups is 4. The molecule has 0 saturated carbocycles. The normalized spacial score (nSPS) is 18.7. The number of aliphatic carboxylic acids is 1. The molecule has 0 bridgehead atoms. The molecule has 0 aliphatic carbocycles. The molecule has 0 radical (unpaired) electrons. The fraction of sp³-hybridized carbons (Fsp3) is 0.500. The van der Waals surface area contributed by atoms with Gasteiger partial charge in [-0.25, -0.2) is 4.79 Å². The molecule has 1 aromatic rings. The molecule has 1 aliphatic rings. The molecule has 4 unspecified atom stereocenters. The molecule has 1 fully saturated rings. The van der Waals surface area contributed by atoms with Crippen LogP contribution in [0.5, 0.6) is 0 Å². The van der Waals surface area contributed by atoms with E-state index >= 15 is 0 Å². The Morgan fingerprint density at radius 1 is 1.06 bits per heavy atom. The van der Waals surface area contributed by atoms with Crippen molar-refractivity contribution in [1.82, 2.24) is 15.5 Å². The average Bonchev–Trinajstić information content (AvgIpc) is 3.26. The second-order valence-electron chi connectivity index (χ2n) is 7.31. The summed E-state index contributed by atoms with van der Waals surface area (Å²) < 4.78 is 0. The summed E-state index contributed by atoms with van der Waals surface area (Å²) in [7, 11) is 0. The van der Waals surface area contributed by atoms with Gasteiger partial charge in [0.15, 0.2) is 0 Å². The van der Waals surface area contributed by atoms with Gasteiger partial charge in [0.1, 0.15) is 24.2 Å². The zero-order chi connectivity index (χ0) is 23.0. The zero-order valence-electron chi connectivity index (χ0n) is 16.9. The topological polar surface area (TPSA) is 182 Å². The first-order valence-corrected chi connectivity index (χ1v) is 9.93. The Balaban J connectivity index is 2.19. The molecule has 1 saturated heterocycles. The van der Waals surface area contributed by atoms with Crippen LogP contribution in [0.2, 0.25) is 0 Å². The number of nitrogens with zero attached hydrogens (tertiary/aromatic N) is 1. The number of likely N-dealkylation sites (tertiary alicyclic amines) is 1. The minimum atomic E-state index is -1.48. The number of hydrogen-bond acceptors (Lipinski definition) is 7. The van der Waals surface area contributed by atoms with E-state index in [9.17, 15) is 19.2 Å². The maximum absolute atomic E-state index is 13.3. The highest BCUT2D eigenvalue weighted by atomic mass is 16.4. The summed E-state index contributed by atoms with van der Waals surface area (Å²) in [6.45, 7) is -1.13. The Hall–Kier alpha value is -3.02. The lowest BCUT2D eigenvalue weighted by Gasteiger charge is -2.29. The number of benzene rings is 1. The maximum atomic E-state index is 13.3. The Labute approximate surface area is 179 Å². The first-order chi connectivity index (χ1) is 14.8. The Bertz CT molecular complexity index is 789. The van der Waals surface area contributed by atoms with Gasteiger partial charge in [-0.05, 0) is 18.4 Å². The van der Waals surface area contributed by atoms with E-state index in [2.05, 4.69) is 10.6 Å². The predicted molar refractivity (Wildman–Crippen MR) is 109 cm³/mol. The van der Waals surface area contributed by atoms with Gasteiger partial charge in [-0.3, -0.25) is 14.4 Å². The molecule has 1 heterocycles. The fourth-order valence-corrected chi connectivity index (χ4v) is 3.37. The van der Waals surface area contributed by atoms with Gasteiger partial charge in [0.05, 0.1) is 13.2 Å². The molecule has 11 heteroatoms. The van der Waals surface area contributed by atoms with Gasteiger partial charge < -0.3 is 36.6 Å². The van der Waals surface area contributed by atoms with Gasteiger partial charge in [0, 0.05) is 13.0 Å². The quantitative estimate of drug-likeness (QED) is 0.234. The van der Waals surface area contributed by atoms with Crippen LogP contribution in [0, 0.1) is 0 Å².